The Labute approximate surface area is 150 Å². The summed E-state index contributed by atoms with van der Waals surface area (Å²) < 4.78 is 42.8. The molecule has 26 heavy (non-hydrogen) atoms. The summed E-state index contributed by atoms with van der Waals surface area (Å²) >= 11 is 0. The molecule has 0 N–H and O–H groups in total. The molecule has 3 rings (SSSR count). The minimum Gasteiger partial charge on any atom is -0.465 e. The largest absolute Gasteiger partial charge is 0.465 e. The zero-order valence-electron chi connectivity index (χ0n) is 13.9. The Hall–Kier alpha value is -2.54. The number of Topliss-reactive ketones (excluding diaryl/α,β-unsaturated/α-hetero) is 1. The number of ketones is 1. The van der Waals surface area contributed by atoms with E-state index in [0.717, 1.165) is 0 Å². The van der Waals surface area contributed by atoms with E-state index in [2.05, 4.69) is 0 Å². The van der Waals surface area contributed by atoms with Crippen molar-refractivity contribution < 1.29 is 27.1 Å². The smallest absolute Gasteiger partial charge is 0.310 e. The minimum absolute atomic E-state index is 0.0404. The third kappa shape index (κ3) is 4.16. The van der Waals surface area contributed by atoms with E-state index in [0.29, 0.717) is 12.0 Å². The lowest BCUT2D eigenvalue weighted by Crippen LogP contribution is -2.20. The van der Waals surface area contributed by atoms with Gasteiger partial charge in [-0.3, -0.25) is 9.59 Å². The molecule has 1 saturated heterocycles. The highest BCUT2D eigenvalue weighted by molar-refractivity contribution is 7.91. The van der Waals surface area contributed by atoms with Crippen molar-refractivity contribution in [3.05, 3.63) is 65.5 Å². The number of halogens is 1. The number of carbonyl (C=O) groups excluding carboxylic acids is 2. The molecular formula is C19H17FO5S. The molecule has 1 fully saturated rings. The molecular weight excluding hydrogens is 359 g/mol. The van der Waals surface area contributed by atoms with Gasteiger partial charge in [0, 0.05) is 12.0 Å². The number of sulfone groups is 1. The Morgan fingerprint density at radius 2 is 1.88 bits per heavy atom. The quantitative estimate of drug-likeness (QED) is 0.572. The Kier molecular flexibility index (Phi) is 5.18. The van der Waals surface area contributed by atoms with Crippen molar-refractivity contribution in [2.45, 2.75) is 17.7 Å². The van der Waals surface area contributed by atoms with E-state index in [9.17, 15) is 22.4 Å². The molecule has 0 amide bonds. The SMILES string of the molecule is O=C(Cc1ccc(S(=O)(=O)C[C@H]2CCOC2=O)cc1)c1cccc(F)c1. The number of hydrogen-bond acceptors (Lipinski definition) is 5. The van der Waals surface area contributed by atoms with Crippen molar-refractivity contribution in [3.8, 4) is 0 Å². The Morgan fingerprint density at radius 3 is 2.50 bits per heavy atom. The van der Waals surface area contributed by atoms with E-state index in [1.807, 2.05) is 0 Å². The molecule has 7 heteroatoms. The Bertz CT molecular complexity index is 935. The van der Waals surface area contributed by atoms with Crippen LogP contribution in [-0.4, -0.2) is 32.5 Å². The molecule has 0 saturated carbocycles. The number of esters is 1. The van der Waals surface area contributed by atoms with Gasteiger partial charge in [0.05, 0.1) is 23.2 Å². The summed E-state index contributed by atoms with van der Waals surface area (Å²) in [6.07, 6.45) is 0.441. The maximum Gasteiger partial charge on any atom is 0.310 e. The predicted octanol–water partition coefficient (Wildman–Crippen LogP) is 2.59. The molecule has 1 atom stereocenters. The summed E-state index contributed by atoms with van der Waals surface area (Å²) in [6.45, 7) is 0.250. The summed E-state index contributed by atoms with van der Waals surface area (Å²) in [5, 5.41) is 0. The maximum atomic E-state index is 13.2. The third-order valence-electron chi connectivity index (χ3n) is 4.26. The van der Waals surface area contributed by atoms with Crippen molar-refractivity contribution in [2.75, 3.05) is 12.4 Å². The average molecular weight is 376 g/mol. The normalized spacial score (nSPS) is 17.1. The lowest BCUT2D eigenvalue weighted by molar-refractivity contribution is -0.140. The summed E-state index contributed by atoms with van der Waals surface area (Å²) in [4.78, 5) is 23.7. The van der Waals surface area contributed by atoms with Crippen LogP contribution in [-0.2, 0) is 25.8 Å². The van der Waals surface area contributed by atoms with E-state index < -0.39 is 27.5 Å². The molecule has 5 nitrogen and oxygen atoms in total. The van der Waals surface area contributed by atoms with Crippen LogP contribution in [0.2, 0.25) is 0 Å². The minimum atomic E-state index is -3.61. The number of hydrogen-bond donors (Lipinski definition) is 0. The van der Waals surface area contributed by atoms with Crippen molar-refractivity contribution in [1.29, 1.82) is 0 Å². The molecule has 0 unspecified atom stereocenters. The fourth-order valence-corrected chi connectivity index (χ4v) is 4.39. The Morgan fingerprint density at radius 1 is 1.15 bits per heavy atom. The number of rotatable bonds is 6. The first-order valence-corrected chi connectivity index (χ1v) is 9.77. The van der Waals surface area contributed by atoms with Gasteiger partial charge in [0.25, 0.3) is 0 Å². The lowest BCUT2D eigenvalue weighted by atomic mass is 10.0. The van der Waals surface area contributed by atoms with Gasteiger partial charge < -0.3 is 4.74 Å². The van der Waals surface area contributed by atoms with Crippen molar-refractivity contribution in [2.24, 2.45) is 5.92 Å². The van der Waals surface area contributed by atoms with Gasteiger partial charge in [-0.15, -0.1) is 0 Å². The van der Waals surface area contributed by atoms with Gasteiger partial charge in [-0.1, -0.05) is 24.3 Å². The van der Waals surface area contributed by atoms with Gasteiger partial charge in [0.15, 0.2) is 15.6 Å². The van der Waals surface area contributed by atoms with Crippen LogP contribution in [0.5, 0.6) is 0 Å². The fourth-order valence-electron chi connectivity index (χ4n) is 2.81. The van der Waals surface area contributed by atoms with Crippen molar-refractivity contribution in [3.63, 3.8) is 0 Å². The van der Waals surface area contributed by atoms with Gasteiger partial charge in [0.1, 0.15) is 5.82 Å². The van der Waals surface area contributed by atoms with E-state index in [4.69, 9.17) is 4.74 Å². The average Bonchev–Trinajstić information content (AvgIpc) is 2.99. The summed E-state index contributed by atoms with van der Waals surface area (Å²) in [6, 6.07) is 11.4. The second-order valence-electron chi connectivity index (χ2n) is 6.19. The molecule has 1 aliphatic rings. The number of ether oxygens (including phenoxy) is 1. The lowest BCUT2D eigenvalue weighted by Gasteiger charge is -2.08. The van der Waals surface area contributed by atoms with Crippen LogP contribution in [0, 0.1) is 11.7 Å². The van der Waals surface area contributed by atoms with E-state index in [1.165, 1.54) is 36.4 Å². The molecule has 0 spiro atoms. The van der Waals surface area contributed by atoms with Crippen LogP contribution in [0.1, 0.15) is 22.3 Å². The van der Waals surface area contributed by atoms with Crippen molar-refractivity contribution in [1.82, 2.24) is 0 Å². The van der Waals surface area contributed by atoms with Crippen LogP contribution in [0.4, 0.5) is 4.39 Å². The molecule has 0 radical (unpaired) electrons. The summed E-state index contributed by atoms with van der Waals surface area (Å²) in [5.41, 5.74) is 0.889. The molecule has 1 aliphatic heterocycles. The molecule has 2 aromatic rings. The highest BCUT2D eigenvalue weighted by Crippen LogP contribution is 2.22. The molecule has 0 aliphatic carbocycles. The molecule has 1 heterocycles. The van der Waals surface area contributed by atoms with Gasteiger partial charge in [-0.2, -0.15) is 0 Å². The highest BCUT2D eigenvalue weighted by atomic mass is 32.2. The zero-order chi connectivity index (χ0) is 18.7. The monoisotopic (exact) mass is 376 g/mol. The summed E-state index contributed by atoms with van der Waals surface area (Å²) in [7, 11) is -3.61. The highest BCUT2D eigenvalue weighted by Gasteiger charge is 2.32. The first-order chi connectivity index (χ1) is 12.3. The van der Waals surface area contributed by atoms with Crippen LogP contribution in [0.15, 0.2) is 53.4 Å². The van der Waals surface area contributed by atoms with Crippen LogP contribution in [0.25, 0.3) is 0 Å². The Balaban J connectivity index is 1.70. The van der Waals surface area contributed by atoms with Gasteiger partial charge in [0.2, 0.25) is 0 Å². The molecule has 136 valence electrons. The van der Waals surface area contributed by atoms with E-state index in [-0.39, 0.29) is 35.0 Å². The van der Waals surface area contributed by atoms with E-state index in [1.54, 1.807) is 12.1 Å². The standard InChI is InChI=1S/C19H17FO5S/c20-16-3-1-2-14(11-16)18(21)10-13-4-6-17(7-5-13)26(23,24)12-15-8-9-25-19(15)22/h1-7,11,15H,8-10,12H2/t15-/m1/s1. The van der Waals surface area contributed by atoms with Crippen LogP contribution < -0.4 is 0 Å². The van der Waals surface area contributed by atoms with E-state index >= 15 is 0 Å². The summed E-state index contributed by atoms with van der Waals surface area (Å²) in [5.74, 6) is -2.13. The van der Waals surface area contributed by atoms with Gasteiger partial charge in [-0.05, 0) is 36.2 Å². The van der Waals surface area contributed by atoms with Crippen LogP contribution >= 0.6 is 0 Å². The van der Waals surface area contributed by atoms with Gasteiger partial charge >= 0.3 is 5.97 Å². The van der Waals surface area contributed by atoms with Crippen LogP contribution in [0.3, 0.4) is 0 Å². The number of benzene rings is 2. The third-order valence-corrected chi connectivity index (χ3v) is 6.09. The predicted molar refractivity (Wildman–Crippen MR) is 92.0 cm³/mol. The number of cyclic esters (lactones) is 1. The fraction of sp³-hybridized carbons (Fsp3) is 0.263. The second kappa shape index (κ2) is 7.37. The molecule has 0 bridgehead atoms. The topological polar surface area (TPSA) is 77.5 Å². The van der Waals surface area contributed by atoms with Crippen molar-refractivity contribution >= 4 is 21.6 Å². The zero-order valence-corrected chi connectivity index (χ0v) is 14.7. The molecule has 2 aromatic carbocycles. The number of carbonyl (C=O) groups is 2. The molecule has 0 aromatic heterocycles. The maximum absolute atomic E-state index is 13.2. The first kappa shape index (κ1) is 18.3. The first-order valence-electron chi connectivity index (χ1n) is 8.12. The van der Waals surface area contributed by atoms with Gasteiger partial charge in [-0.25, -0.2) is 12.8 Å². The second-order valence-corrected chi connectivity index (χ2v) is 8.22.